The number of phenols is 1. The second-order valence-corrected chi connectivity index (χ2v) is 7.57. The average molecular weight is 488 g/mol. The van der Waals surface area contributed by atoms with E-state index >= 15 is 0 Å². The summed E-state index contributed by atoms with van der Waals surface area (Å²) < 4.78 is 6.33. The van der Waals surface area contributed by atoms with Crippen molar-refractivity contribution in [2.24, 2.45) is 0 Å². The van der Waals surface area contributed by atoms with Crippen LogP contribution >= 0.6 is 50.7 Å². The van der Waals surface area contributed by atoms with E-state index < -0.39 is 5.91 Å². The first-order valence-corrected chi connectivity index (χ1v) is 9.48. The first-order chi connectivity index (χ1) is 12.8. The maximum atomic E-state index is 12.4. The van der Waals surface area contributed by atoms with Crippen molar-refractivity contribution in [3.8, 4) is 17.2 Å². The van der Waals surface area contributed by atoms with Gasteiger partial charge in [-0.3, -0.25) is 4.79 Å². The molecule has 3 aromatic carbocycles. The molecule has 3 rings (SSSR count). The van der Waals surface area contributed by atoms with Crippen molar-refractivity contribution in [1.29, 1.82) is 0 Å². The van der Waals surface area contributed by atoms with Gasteiger partial charge in [0.1, 0.15) is 17.2 Å². The maximum absolute atomic E-state index is 12.4. The molecule has 27 heavy (non-hydrogen) atoms. The fraction of sp³-hybridized carbons (Fsp3) is 0. The number of halogens is 4. The van der Waals surface area contributed by atoms with Gasteiger partial charge in [0.15, 0.2) is 0 Å². The minimum absolute atomic E-state index is 0.00146. The lowest BCUT2D eigenvalue weighted by molar-refractivity contribution is 0.102. The Labute approximate surface area is 178 Å². The average Bonchev–Trinajstić information content (AvgIpc) is 2.62. The Kier molecular flexibility index (Phi) is 6.17. The molecule has 0 saturated heterocycles. The Bertz CT molecular complexity index is 1010. The molecular weight excluding hydrogens is 476 g/mol. The Morgan fingerprint density at radius 1 is 0.926 bits per heavy atom. The van der Waals surface area contributed by atoms with Gasteiger partial charge in [-0.25, -0.2) is 0 Å². The number of carbonyl (C=O) groups excluding carboxylic acids is 1. The largest absolute Gasteiger partial charge is 0.506 e. The van der Waals surface area contributed by atoms with Gasteiger partial charge in [-0.05, 0) is 70.5 Å². The van der Waals surface area contributed by atoms with Crippen molar-refractivity contribution in [2.75, 3.05) is 5.32 Å². The van der Waals surface area contributed by atoms with Gasteiger partial charge in [0, 0.05) is 14.5 Å². The highest BCUT2D eigenvalue weighted by Crippen LogP contribution is 2.34. The van der Waals surface area contributed by atoms with Crippen LogP contribution in [0.3, 0.4) is 0 Å². The lowest BCUT2D eigenvalue weighted by atomic mass is 10.2. The molecule has 0 spiro atoms. The number of benzene rings is 3. The number of amides is 1. The minimum atomic E-state index is -0.552. The van der Waals surface area contributed by atoms with E-state index in [2.05, 4.69) is 21.2 Å². The zero-order valence-corrected chi connectivity index (χ0v) is 17.3. The summed E-state index contributed by atoms with van der Waals surface area (Å²) in [5.74, 6) is 0.304. The molecule has 0 radical (unpaired) electrons. The second-order valence-electron chi connectivity index (χ2n) is 5.44. The van der Waals surface area contributed by atoms with E-state index in [1.54, 1.807) is 42.5 Å². The highest BCUT2D eigenvalue weighted by molar-refractivity contribution is 9.10. The van der Waals surface area contributed by atoms with Gasteiger partial charge in [-0.15, -0.1) is 0 Å². The lowest BCUT2D eigenvalue weighted by Crippen LogP contribution is -2.12. The third-order valence-electron chi connectivity index (χ3n) is 3.51. The Morgan fingerprint density at radius 3 is 2.26 bits per heavy atom. The first kappa shape index (κ1) is 19.8. The monoisotopic (exact) mass is 485 g/mol. The molecule has 2 N–H and O–H groups in total. The molecular formula is C19H11BrCl3NO3. The molecule has 0 bridgehead atoms. The molecule has 1 amide bonds. The molecule has 4 nitrogen and oxygen atoms in total. The van der Waals surface area contributed by atoms with E-state index in [9.17, 15) is 9.90 Å². The van der Waals surface area contributed by atoms with Crippen molar-refractivity contribution < 1.29 is 14.6 Å². The van der Waals surface area contributed by atoms with E-state index in [1.807, 2.05) is 0 Å². The SMILES string of the molecule is O=C(Nc1ccc(Oc2ccc(Cl)cc2)cc1Br)c1cc(Cl)cc(Cl)c1O. The van der Waals surface area contributed by atoms with Crippen molar-refractivity contribution >= 4 is 62.3 Å². The Morgan fingerprint density at radius 2 is 1.59 bits per heavy atom. The van der Waals surface area contributed by atoms with Crippen LogP contribution in [0.1, 0.15) is 10.4 Å². The van der Waals surface area contributed by atoms with Gasteiger partial charge in [0.25, 0.3) is 5.91 Å². The molecule has 3 aromatic rings. The summed E-state index contributed by atoms with van der Waals surface area (Å²) in [5.41, 5.74) is 0.458. The van der Waals surface area contributed by atoms with Crippen LogP contribution in [-0.2, 0) is 0 Å². The highest BCUT2D eigenvalue weighted by atomic mass is 79.9. The lowest BCUT2D eigenvalue weighted by Gasteiger charge is -2.12. The summed E-state index contributed by atoms with van der Waals surface area (Å²) in [4.78, 5) is 12.4. The second kappa shape index (κ2) is 8.40. The summed E-state index contributed by atoms with van der Waals surface area (Å²) in [6, 6.07) is 14.7. The highest BCUT2D eigenvalue weighted by Gasteiger charge is 2.16. The van der Waals surface area contributed by atoms with Gasteiger partial charge < -0.3 is 15.2 Å². The molecule has 0 heterocycles. The van der Waals surface area contributed by atoms with Crippen LogP contribution < -0.4 is 10.1 Å². The number of nitrogens with one attached hydrogen (secondary N) is 1. The first-order valence-electron chi connectivity index (χ1n) is 7.56. The topological polar surface area (TPSA) is 58.6 Å². The Balaban J connectivity index is 1.78. The summed E-state index contributed by atoms with van der Waals surface area (Å²) >= 11 is 21.0. The van der Waals surface area contributed by atoms with Gasteiger partial charge in [-0.1, -0.05) is 34.8 Å². The standard InChI is InChI=1S/C19H11BrCl3NO3/c20-15-9-13(27-12-3-1-10(21)2-4-12)5-6-17(15)24-19(26)14-7-11(22)8-16(23)18(14)25/h1-9,25H,(H,24,26). The maximum Gasteiger partial charge on any atom is 0.259 e. The third-order valence-corrected chi connectivity index (χ3v) is 4.93. The smallest absolute Gasteiger partial charge is 0.259 e. The van der Waals surface area contributed by atoms with E-state index in [0.29, 0.717) is 26.7 Å². The van der Waals surface area contributed by atoms with Gasteiger partial charge in [-0.2, -0.15) is 0 Å². The molecule has 0 aliphatic carbocycles. The summed E-state index contributed by atoms with van der Waals surface area (Å²) in [5, 5.41) is 13.5. The van der Waals surface area contributed by atoms with Crippen LogP contribution in [0.2, 0.25) is 15.1 Å². The van der Waals surface area contributed by atoms with E-state index in [-0.39, 0.29) is 21.4 Å². The number of aromatic hydroxyl groups is 1. The number of hydrogen-bond donors (Lipinski definition) is 2. The van der Waals surface area contributed by atoms with E-state index in [4.69, 9.17) is 39.5 Å². The molecule has 0 fully saturated rings. The predicted molar refractivity (Wildman–Crippen MR) is 112 cm³/mol. The molecule has 0 atom stereocenters. The molecule has 8 heteroatoms. The normalized spacial score (nSPS) is 10.5. The summed E-state index contributed by atoms with van der Waals surface area (Å²) in [7, 11) is 0. The zero-order valence-electron chi connectivity index (χ0n) is 13.5. The summed E-state index contributed by atoms with van der Waals surface area (Å²) in [6.45, 7) is 0. The molecule has 0 aromatic heterocycles. The van der Waals surface area contributed by atoms with Crippen LogP contribution in [0.25, 0.3) is 0 Å². The molecule has 138 valence electrons. The van der Waals surface area contributed by atoms with Crippen molar-refractivity contribution in [3.05, 3.63) is 79.7 Å². The van der Waals surface area contributed by atoms with Gasteiger partial charge in [0.2, 0.25) is 0 Å². The van der Waals surface area contributed by atoms with E-state index in [1.165, 1.54) is 12.1 Å². The van der Waals surface area contributed by atoms with Gasteiger partial charge >= 0.3 is 0 Å². The molecule has 0 aliphatic heterocycles. The number of rotatable bonds is 4. The van der Waals surface area contributed by atoms with Crippen molar-refractivity contribution in [2.45, 2.75) is 0 Å². The van der Waals surface area contributed by atoms with Crippen LogP contribution in [0, 0.1) is 0 Å². The summed E-state index contributed by atoms with van der Waals surface area (Å²) in [6.07, 6.45) is 0. The number of hydrogen-bond acceptors (Lipinski definition) is 3. The number of phenolic OH excluding ortho intramolecular Hbond substituents is 1. The van der Waals surface area contributed by atoms with Crippen LogP contribution in [-0.4, -0.2) is 11.0 Å². The minimum Gasteiger partial charge on any atom is -0.506 e. The predicted octanol–water partition coefficient (Wildman–Crippen LogP) is 7.16. The molecule has 0 aliphatic rings. The van der Waals surface area contributed by atoms with Gasteiger partial charge in [0.05, 0.1) is 16.3 Å². The van der Waals surface area contributed by atoms with Crippen LogP contribution in [0.4, 0.5) is 5.69 Å². The third kappa shape index (κ3) is 4.87. The fourth-order valence-corrected chi connectivity index (χ4v) is 3.30. The van der Waals surface area contributed by atoms with Crippen LogP contribution in [0.5, 0.6) is 17.2 Å². The number of carbonyl (C=O) groups is 1. The fourth-order valence-electron chi connectivity index (χ4n) is 2.23. The quantitative estimate of drug-likeness (QED) is 0.411. The zero-order chi connectivity index (χ0) is 19.6. The Hall–Kier alpha value is -1.92. The van der Waals surface area contributed by atoms with E-state index in [0.717, 1.165) is 0 Å². The molecule has 0 saturated carbocycles. The van der Waals surface area contributed by atoms with Crippen molar-refractivity contribution in [1.82, 2.24) is 0 Å². The number of ether oxygens (including phenoxy) is 1. The number of anilines is 1. The molecule has 0 unspecified atom stereocenters. The van der Waals surface area contributed by atoms with Crippen LogP contribution in [0.15, 0.2) is 59.1 Å². The van der Waals surface area contributed by atoms with Crippen molar-refractivity contribution in [3.63, 3.8) is 0 Å².